The first kappa shape index (κ1) is 27.5. The fraction of sp³-hybridized carbons (Fsp3) is 1.00. The van der Waals surface area contributed by atoms with Gasteiger partial charge in [0.25, 0.3) is 0 Å². The lowest BCUT2D eigenvalue weighted by Crippen LogP contribution is -2.55. The van der Waals surface area contributed by atoms with Crippen molar-refractivity contribution < 1.29 is 17.7 Å². The molecule has 0 saturated carbocycles. The lowest BCUT2D eigenvalue weighted by Gasteiger charge is -2.51. The van der Waals surface area contributed by atoms with Gasteiger partial charge in [-0.25, -0.2) is 0 Å². The fourth-order valence-corrected chi connectivity index (χ4v) is 17.7. The molecule has 2 aliphatic heterocycles. The Hall–Kier alpha value is 0.274. The van der Waals surface area contributed by atoms with Crippen LogP contribution in [0.15, 0.2) is 0 Å². The molecule has 0 N–H and O–H groups in total. The molecule has 3 unspecified atom stereocenters. The Balaban J connectivity index is 2.32. The van der Waals surface area contributed by atoms with E-state index in [0.29, 0.717) is 23.7 Å². The van der Waals surface area contributed by atoms with Crippen LogP contribution in [0.25, 0.3) is 0 Å². The number of hydrogen-bond donors (Lipinski definition) is 0. The lowest BCUT2D eigenvalue weighted by molar-refractivity contribution is 0.115. The third-order valence-electron chi connectivity index (χ3n) is 9.75. The van der Waals surface area contributed by atoms with Crippen molar-refractivity contribution in [3.63, 3.8) is 0 Å². The minimum absolute atomic E-state index is 0.197. The predicted molar refractivity (Wildman–Crippen MR) is 135 cm³/mol. The number of rotatable bonds is 12. The van der Waals surface area contributed by atoms with E-state index in [4.69, 9.17) is 17.7 Å². The summed E-state index contributed by atoms with van der Waals surface area (Å²) in [7, 11) is 3.20. The van der Waals surface area contributed by atoms with E-state index >= 15 is 0 Å². The minimum Gasteiger partial charge on any atom is -0.397 e. The van der Waals surface area contributed by atoms with Crippen LogP contribution in [0, 0.1) is 23.7 Å². The van der Waals surface area contributed by atoms with Gasteiger partial charge in [0.05, 0.1) is 0 Å². The topological polar surface area (TPSA) is 36.9 Å². The van der Waals surface area contributed by atoms with Crippen LogP contribution in [0.2, 0.25) is 22.2 Å². The van der Waals surface area contributed by atoms with Crippen LogP contribution in [0.4, 0.5) is 0 Å². The zero-order valence-electron chi connectivity index (χ0n) is 22.3. The summed E-state index contributed by atoms with van der Waals surface area (Å²) in [6, 6.07) is 2.28. The van der Waals surface area contributed by atoms with Gasteiger partial charge in [-0.15, -0.1) is 0 Å². The molecule has 0 amide bonds. The van der Waals surface area contributed by atoms with E-state index in [1.54, 1.807) is 0 Å². The highest BCUT2D eigenvalue weighted by Gasteiger charge is 2.65. The highest BCUT2D eigenvalue weighted by Crippen LogP contribution is 2.65. The largest absolute Gasteiger partial charge is 0.397 e. The first-order valence-electron chi connectivity index (χ1n) is 12.8. The molecule has 2 fully saturated rings. The molecule has 0 aromatic carbocycles. The second kappa shape index (κ2) is 10.7. The van der Waals surface area contributed by atoms with E-state index in [1.165, 1.54) is 44.9 Å². The lowest BCUT2D eigenvalue weighted by atomic mass is 9.71. The minimum atomic E-state index is -2.25. The van der Waals surface area contributed by atoms with Gasteiger partial charge in [-0.2, -0.15) is 0 Å². The van der Waals surface area contributed by atoms with Crippen LogP contribution < -0.4 is 0 Å². The summed E-state index contributed by atoms with van der Waals surface area (Å²) in [5.74, 6) is 2.43. The van der Waals surface area contributed by atoms with Gasteiger partial charge in [0.1, 0.15) is 0 Å². The first-order chi connectivity index (χ1) is 14.6. The fourth-order valence-electron chi connectivity index (χ4n) is 8.25. The predicted octanol–water partition coefficient (Wildman–Crippen LogP) is 7.28. The molecule has 2 aliphatic rings. The molecule has 0 aromatic rings. The second-order valence-corrected chi connectivity index (χ2v) is 18.8. The van der Waals surface area contributed by atoms with Gasteiger partial charge < -0.3 is 17.7 Å². The quantitative estimate of drug-likeness (QED) is 0.280. The molecule has 2 saturated heterocycles. The molecule has 6 heteroatoms. The van der Waals surface area contributed by atoms with E-state index in [-0.39, 0.29) is 10.1 Å². The normalized spacial score (nSPS) is 31.3. The van der Waals surface area contributed by atoms with Crippen molar-refractivity contribution in [1.29, 1.82) is 0 Å². The molecule has 0 bridgehead atoms. The van der Waals surface area contributed by atoms with Gasteiger partial charge in [0, 0.05) is 38.5 Å². The Morgan fingerprint density at radius 2 is 1.23 bits per heavy atom. The van der Waals surface area contributed by atoms with Crippen LogP contribution >= 0.6 is 0 Å². The van der Waals surface area contributed by atoms with E-state index in [0.717, 1.165) is 12.1 Å². The molecule has 4 nitrogen and oxygen atoms in total. The van der Waals surface area contributed by atoms with Gasteiger partial charge in [-0.1, -0.05) is 60.8 Å². The molecule has 0 radical (unpaired) electrons. The summed E-state index contributed by atoms with van der Waals surface area (Å²) >= 11 is 0. The summed E-state index contributed by atoms with van der Waals surface area (Å²) in [4.78, 5) is 0. The molecule has 0 aliphatic carbocycles. The van der Waals surface area contributed by atoms with Crippen molar-refractivity contribution in [2.24, 2.45) is 23.7 Å². The molecule has 0 aromatic heterocycles. The Bertz CT molecular complexity index is 560. The molecule has 3 atom stereocenters. The maximum atomic E-state index is 6.35. The summed E-state index contributed by atoms with van der Waals surface area (Å²) in [5, 5.41) is 0.429. The third kappa shape index (κ3) is 4.27. The van der Waals surface area contributed by atoms with Crippen molar-refractivity contribution in [1.82, 2.24) is 0 Å². The maximum absolute atomic E-state index is 6.35. The van der Waals surface area contributed by atoms with Crippen LogP contribution in [-0.4, -0.2) is 45.6 Å². The van der Waals surface area contributed by atoms with E-state index in [9.17, 15) is 0 Å². The van der Waals surface area contributed by atoms with Gasteiger partial charge in [-0.05, 0) is 61.4 Å². The van der Waals surface area contributed by atoms with E-state index < -0.39 is 17.1 Å². The van der Waals surface area contributed by atoms with Crippen molar-refractivity contribution in [3.8, 4) is 0 Å². The van der Waals surface area contributed by atoms with E-state index in [2.05, 4.69) is 41.5 Å². The highest BCUT2D eigenvalue weighted by molar-refractivity contribution is 6.72. The second-order valence-electron chi connectivity index (χ2n) is 11.3. The zero-order valence-corrected chi connectivity index (χ0v) is 24.3. The molecule has 0 spiro atoms. The summed E-state index contributed by atoms with van der Waals surface area (Å²) in [6.07, 6.45) is 8.73. The summed E-state index contributed by atoms with van der Waals surface area (Å²) in [5.41, 5.74) is 0. The van der Waals surface area contributed by atoms with Crippen LogP contribution in [-0.2, 0) is 17.7 Å². The Labute approximate surface area is 195 Å². The molecule has 31 heavy (non-hydrogen) atoms. The molecular formula is C25H52O4Si2. The van der Waals surface area contributed by atoms with Crippen LogP contribution in [0.3, 0.4) is 0 Å². The third-order valence-corrected chi connectivity index (χ3v) is 19.6. The average molecular weight is 473 g/mol. The van der Waals surface area contributed by atoms with Crippen LogP contribution in [0.1, 0.15) is 86.5 Å². The molecular weight excluding hydrogens is 420 g/mol. The van der Waals surface area contributed by atoms with Crippen molar-refractivity contribution >= 4 is 17.1 Å². The van der Waals surface area contributed by atoms with E-state index in [1.807, 2.05) is 28.4 Å². The SMILES string of the molecule is CO[Si]1(OC)CCCC1(CCCC(C(C)C)C1(C(C)C)CCC[Si]1(OC)OC)C(C)C. The van der Waals surface area contributed by atoms with Gasteiger partial charge >= 0.3 is 17.1 Å². The highest BCUT2D eigenvalue weighted by atomic mass is 28.4. The molecule has 184 valence electrons. The van der Waals surface area contributed by atoms with Gasteiger partial charge in [0.15, 0.2) is 0 Å². The molecule has 2 rings (SSSR count). The maximum Gasteiger partial charge on any atom is 0.344 e. The average Bonchev–Trinajstić information content (AvgIpc) is 3.31. The van der Waals surface area contributed by atoms with Crippen LogP contribution in [0.5, 0.6) is 0 Å². The monoisotopic (exact) mass is 472 g/mol. The number of hydrogen-bond acceptors (Lipinski definition) is 4. The zero-order chi connectivity index (χ0) is 23.5. The van der Waals surface area contributed by atoms with Crippen molar-refractivity contribution in [3.05, 3.63) is 0 Å². The van der Waals surface area contributed by atoms with Crippen molar-refractivity contribution in [2.75, 3.05) is 28.4 Å². The Morgan fingerprint density at radius 1 is 0.710 bits per heavy atom. The first-order valence-corrected chi connectivity index (χ1v) is 16.8. The standard InChI is InChI=1S/C25H52O4Si2/c1-20(2)23(25(22(5)6)17-13-19-31(25,28-9)29-10)14-11-15-24(21(3)4)16-12-18-30(24,26-7)27-8/h20-23H,11-19H2,1-10H3. The van der Waals surface area contributed by atoms with Crippen molar-refractivity contribution in [2.45, 2.75) is 109 Å². The Morgan fingerprint density at radius 3 is 1.68 bits per heavy atom. The van der Waals surface area contributed by atoms with Gasteiger partial charge in [-0.3, -0.25) is 0 Å². The van der Waals surface area contributed by atoms with Gasteiger partial charge in [0.2, 0.25) is 0 Å². The summed E-state index contributed by atoms with van der Waals surface area (Å²) < 4.78 is 25.2. The Kier molecular flexibility index (Phi) is 9.49. The smallest absolute Gasteiger partial charge is 0.344 e. The summed E-state index contributed by atoms with van der Waals surface area (Å²) in [6.45, 7) is 14.5. The molecule has 2 heterocycles.